The summed E-state index contributed by atoms with van der Waals surface area (Å²) in [6.07, 6.45) is 7.28. The molecule has 4 rings (SSSR count). The second kappa shape index (κ2) is 10.1. The van der Waals surface area contributed by atoms with E-state index in [4.69, 9.17) is 0 Å². The predicted molar refractivity (Wildman–Crippen MR) is 123 cm³/mol. The Labute approximate surface area is 189 Å². The molecular weight excluding hydrogens is 426 g/mol. The van der Waals surface area contributed by atoms with Gasteiger partial charge in [0.15, 0.2) is 0 Å². The summed E-state index contributed by atoms with van der Waals surface area (Å²) in [6.45, 7) is 2.49. The van der Waals surface area contributed by atoms with E-state index in [1.165, 1.54) is 6.07 Å². The first-order valence-electron chi connectivity index (χ1n) is 10.4. The Hall–Kier alpha value is -3.66. The van der Waals surface area contributed by atoms with Crippen LogP contribution >= 0.6 is 11.3 Å². The number of nitro benzene ring substituents is 1. The summed E-state index contributed by atoms with van der Waals surface area (Å²) < 4.78 is 2.05. The van der Waals surface area contributed by atoms with Crippen LogP contribution in [0.1, 0.15) is 48.2 Å². The zero-order chi connectivity index (χ0) is 22.3. The molecule has 0 aliphatic carbocycles. The van der Waals surface area contributed by atoms with Crippen molar-refractivity contribution in [1.29, 1.82) is 0 Å². The van der Waals surface area contributed by atoms with Crippen molar-refractivity contribution in [3.63, 3.8) is 0 Å². The van der Waals surface area contributed by atoms with Gasteiger partial charge in [-0.25, -0.2) is 4.98 Å². The number of nitrogens with zero attached hydrogens (tertiary/aromatic N) is 6. The Morgan fingerprint density at radius 2 is 2.19 bits per heavy atom. The van der Waals surface area contributed by atoms with Crippen LogP contribution in [0, 0.1) is 10.1 Å². The van der Waals surface area contributed by atoms with Gasteiger partial charge in [-0.15, -0.1) is 10.2 Å². The number of aromatic nitrogens is 6. The van der Waals surface area contributed by atoms with E-state index in [1.807, 2.05) is 28.3 Å². The Morgan fingerprint density at radius 3 is 2.91 bits per heavy atom. The van der Waals surface area contributed by atoms with Gasteiger partial charge in [0.25, 0.3) is 5.69 Å². The molecule has 3 aromatic heterocycles. The molecule has 0 amide bonds. The molecular formula is C22H23N7O2S. The predicted octanol–water partition coefficient (Wildman–Crippen LogP) is 4.54. The van der Waals surface area contributed by atoms with Gasteiger partial charge in [0, 0.05) is 30.0 Å². The van der Waals surface area contributed by atoms with E-state index in [-0.39, 0.29) is 10.6 Å². The molecule has 0 aliphatic heterocycles. The summed E-state index contributed by atoms with van der Waals surface area (Å²) in [7, 11) is 0. The van der Waals surface area contributed by atoms with Gasteiger partial charge in [-0.2, -0.15) is 16.6 Å². The van der Waals surface area contributed by atoms with Crippen molar-refractivity contribution in [2.45, 2.75) is 39.2 Å². The van der Waals surface area contributed by atoms with Crippen molar-refractivity contribution in [2.75, 3.05) is 0 Å². The molecule has 0 spiro atoms. The summed E-state index contributed by atoms with van der Waals surface area (Å²) in [4.78, 5) is 15.8. The number of aromatic amines is 1. The summed E-state index contributed by atoms with van der Waals surface area (Å²) in [5.41, 5.74) is 3.64. The lowest BCUT2D eigenvalue weighted by Gasteiger charge is -2.12. The van der Waals surface area contributed by atoms with Crippen LogP contribution in [-0.2, 0) is 19.4 Å². The average molecular weight is 450 g/mol. The van der Waals surface area contributed by atoms with Gasteiger partial charge in [-0.05, 0) is 40.1 Å². The number of unbranched alkanes of at least 4 members (excludes halogenated alkanes) is 1. The summed E-state index contributed by atoms with van der Waals surface area (Å²) in [6, 6.07) is 8.90. The first kappa shape index (κ1) is 21.6. The van der Waals surface area contributed by atoms with Crippen molar-refractivity contribution >= 4 is 28.7 Å². The molecule has 0 saturated carbocycles. The van der Waals surface area contributed by atoms with Crippen molar-refractivity contribution in [3.8, 4) is 0 Å². The van der Waals surface area contributed by atoms with Crippen molar-refractivity contribution in [2.24, 2.45) is 0 Å². The number of imidazole rings is 1. The number of allylic oxidation sites excluding steroid dienone is 1. The highest BCUT2D eigenvalue weighted by Gasteiger charge is 2.17. The number of H-pyrrole nitrogens is 1. The maximum Gasteiger partial charge on any atom is 0.274 e. The highest BCUT2D eigenvalue weighted by atomic mass is 32.1. The SMILES string of the molecule is CCCCc1ncc(/C=C(\Cc2ccsc2)c2nn[nH]n2)n1Cc1ccccc1[N+](=O)[O-]. The average Bonchev–Trinajstić information content (AvgIpc) is 3.56. The largest absolute Gasteiger partial charge is 0.324 e. The van der Waals surface area contributed by atoms with Crippen LogP contribution in [0.2, 0.25) is 0 Å². The number of thiophene rings is 1. The lowest BCUT2D eigenvalue weighted by Crippen LogP contribution is -2.09. The molecule has 0 saturated heterocycles. The van der Waals surface area contributed by atoms with E-state index in [9.17, 15) is 10.1 Å². The molecule has 4 aromatic rings. The second-order valence-electron chi connectivity index (χ2n) is 7.39. The van der Waals surface area contributed by atoms with Gasteiger partial charge >= 0.3 is 0 Å². The number of tetrazole rings is 1. The van der Waals surface area contributed by atoms with Gasteiger partial charge in [-0.1, -0.05) is 31.5 Å². The number of hydrogen-bond donors (Lipinski definition) is 1. The lowest BCUT2D eigenvalue weighted by atomic mass is 10.1. The van der Waals surface area contributed by atoms with Crippen LogP contribution in [-0.4, -0.2) is 35.1 Å². The lowest BCUT2D eigenvalue weighted by molar-refractivity contribution is -0.385. The van der Waals surface area contributed by atoms with Crippen molar-refractivity contribution in [3.05, 3.63) is 85.9 Å². The van der Waals surface area contributed by atoms with Crippen LogP contribution in [0.3, 0.4) is 0 Å². The smallest absolute Gasteiger partial charge is 0.274 e. The summed E-state index contributed by atoms with van der Waals surface area (Å²) in [5.74, 6) is 1.42. The minimum absolute atomic E-state index is 0.106. The standard InChI is InChI=1S/C22H23N7O2S/c1-2-3-8-21-23-13-19(28(21)14-17-6-4-5-7-20(17)29(30)31)12-18(22-24-26-27-25-22)11-16-9-10-32-15-16/h4-7,9-10,12-13,15H,2-3,8,11,14H2,1H3,(H,24,25,26,27)/b18-12+. The third-order valence-corrected chi connectivity index (χ3v) is 5.90. The number of benzene rings is 1. The van der Waals surface area contributed by atoms with E-state index >= 15 is 0 Å². The molecule has 0 unspecified atom stereocenters. The van der Waals surface area contributed by atoms with Crippen LogP contribution in [0.4, 0.5) is 5.69 Å². The number of nitro groups is 1. The fourth-order valence-electron chi connectivity index (χ4n) is 3.54. The molecule has 1 N–H and O–H groups in total. The van der Waals surface area contributed by atoms with E-state index in [0.29, 0.717) is 24.4 Å². The molecule has 10 heteroatoms. The summed E-state index contributed by atoms with van der Waals surface area (Å²) >= 11 is 1.63. The summed E-state index contributed by atoms with van der Waals surface area (Å²) in [5, 5.41) is 30.2. The maximum atomic E-state index is 11.5. The zero-order valence-electron chi connectivity index (χ0n) is 17.6. The quantitative estimate of drug-likeness (QED) is 0.281. The van der Waals surface area contributed by atoms with Crippen LogP contribution in [0.25, 0.3) is 11.6 Å². The molecule has 3 heterocycles. The minimum Gasteiger partial charge on any atom is -0.324 e. The van der Waals surface area contributed by atoms with Crippen LogP contribution in [0.15, 0.2) is 47.3 Å². The Kier molecular flexibility index (Phi) is 6.81. The fourth-order valence-corrected chi connectivity index (χ4v) is 4.21. The minimum atomic E-state index is -0.338. The third-order valence-electron chi connectivity index (χ3n) is 5.17. The molecule has 0 radical (unpaired) electrons. The highest BCUT2D eigenvalue weighted by Crippen LogP contribution is 2.25. The van der Waals surface area contributed by atoms with Crippen LogP contribution < -0.4 is 0 Å². The van der Waals surface area contributed by atoms with Crippen molar-refractivity contribution < 1.29 is 4.92 Å². The Balaban J connectivity index is 1.76. The fraction of sp³-hybridized carbons (Fsp3) is 0.273. The molecule has 0 aliphatic rings. The Bertz CT molecular complexity index is 1200. The molecule has 0 bridgehead atoms. The molecule has 164 valence electrons. The van der Waals surface area contributed by atoms with E-state index in [2.05, 4.69) is 44.0 Å². The normalized spacial score (nSPS) is 11.7. The highest BCUT2D eigenvalue weighted by molar-refractivity contribution is 7.07. The van der Waals surface area contributed by atoms with Gasteiger partial charge < -0.3 is 4.57 Å². The number of hydrogen-bond acceptors (Lipinski definition) is 7. The first-order chi connectivity index (χ1) is 15.7. The second-order valence-corrected chi connectivity index (χ2v) is 8.17. The monoisotopic (exact) mass is 449 g/mol. The number of aryl methyl sites for hydroxylation is 1. The third kappa shape index (κ3) is 4.97. The van der Waals surface area contributed by atoms with Crippen LogP contribution in [0.5, 0.6) is 0 Å². The molecule has 9 nitrogen and oxygen atoms in total. The molecule has 32 heavy (non-hydrogen) atoms. The van der Waals surface area contributed by atoms with Crippen molar-refractivity contribution in [1.82, 2.24) is 30.2 Å². The Morgan fingerprint density at radius 1 is 1.31 bits per heavy atom. The van der Waals surface area contributed by atoms with Gasteiger partial charge in [-0.3, -0.25) is 10.1 Å². The van der Waals surface area contributed by atoms with Gasteiger partial charge in [0.05, 0.1) is 23.4 Å². The maximum absolute atomic E-state index is 11.5. The molecule has 0 fully saturated rings. The zero-order valence-corrected chi connectivity index (χ0v) is 18.5. The first-order valence-corrected chi connectivity index (χ1v) is 11.3. The molecule has 1 aromatic carbocycles. The van der Waals surface area contributed by atoms with E-state index in [1.54, 1.807) is 23.5 Å². The van der Waals surface area contributed by atoms with E-state index in [0.717, 1.165) is 41.9 Å². The van der Waals surface area contributed by atoms with Gasteiger partial charge in [0.1, 0.15) is 5.82 Å². The van der Waals surface area contributed by atoms with E-state index < -0.39 is 0 Å². The number of rotatable bonds is 10. The topological polar surface area (TPSA) is 115 Å². The number of para-hydroxylation sites is 1. The number of nitrogens with one attached hydrogen (secondary N) is 1. The molecule has 0 atom stereocenters. The van der Waals surface area contributed by atoms with Gasteiger partial charge in [0.2, 0.25) is 5.82 Å².